The summed E-state index contributed by atoms with van der Waals surface area (Å²) >= 11 is 0. The van der Waals surface area contributed by atoms with Crippen LogP contribution in [0.2, 0.25) is 0 Å². The SMILES string of the molecule is NC(=O)c1ccc(CNC(c2ccccc2)c2ccc(OC(F)F)cc2)cc1. The van der Waals surface area contributed by atoms with E-state index in [9.17, 15) is 13.6 Å². The molecule has 0 fully saturated rings. The molecular formula is C22H20F2N2O2. The molecular weight excluding hydrogens is 362 g/mol. The molecule has 1 amide bonds. The highest BCUT2D eigenvalue weighted by Crippen LogP contribution is 2.25. The average molecular weight is 382 g/mol. The van der Waals surface area contributed by atoms with Gasteiger partial charge in [0.15, 0.2) is 0 Å². The summed E-state index contributed by atoms with van der Waals surface area (Å²) in [6, 6.07) is 23.3. The summed E-state index contributed by atoms with van der Waals surface area (Å²) in [7, 11) is 0. The fraction of sp³-hybridized carbons (Fsp3) is 0.136. The van der Waals surface area contributed by atoms with E-state index in [1.54, 1.807) is 24.3 Å². The van der Waals surface area contributed by atoms with Crippen LogP contribution in [0.3, 0.4) is 0 Å². The van der Waals surface area contributed by atoms with Crippen LogP contribution in [0.25, 0.3) is 0 Å². The molecule has 0 saturated heterocycles. The van der Waals surface area contributed by atoms with Crippen molar-refractivity contribution in [1.29, 1.82) is 0 Å². The zero-order valence-electron chi connectivity index (χ0n) is 15.0. The molecule has 3 aromatic carbocycles. The van der Waals surface area contributed by atoms with E-state index in [0.29, 0.717) is 12.1 Å². The molecule has 0 aliphatic heterocycles. The van der Waals surface area contributed by atoms with Gasteiger partial charge in [0.05, 0.1) is 6.04 Å². The Morgan fingerprint density at radius 3 is 2.07 bits per heavy atom. The topological polar surface area (TPSA) is 64.4 Å². The van der Waals surface area contributed by atoms with E-state index in [1.807, 2.05) is 42.5 Å². The van der Waals surface area contributed by atoms with Crippen LogP contribution in [0.15, 0.2) is 78.9 Å². The first-order chi connectivity index (χ1) is 13.5. The van der Waals surface area contributed by atoms with Crippen LogP contribution in [-0.2, 0) is 6.54 Å². The highest BCUT2D eigenvalue weighted by molar-refractivity contribution is 5.92. The number of benzene rings is 3. The molecule has 0 bridgehead atoms. The number of nitrogens with one attached hydrogen (secondary N) is 1. The zero-order valence-corrected chi connectivity index (χ0v) is 15.0. The minimum Gasteiger partial charge on any atom is -0.435 e. The van der Waals surface area contributed by atoms with Crippen LogP contribution in [0.5, 0.6) is 5.75 Å². The molecule has 0 radical (unpaired) electrons. The number of nitrogens with two attached hydrogens (primary N) is 1. The van der Waals surface area contributed by atoms with Gasteiger partial charge in [0.2, 0.25) is 5.91 Å². The van der Waals surface area contributed by atoms with Gasteiger partial charge in [-0.25, -0.2) is 0 Å². The number of ether oxygens (including phenoxy) is 1. The summed E-state index contributed by atoms with van der Waals surface area (Å²) in [5, 5.41) is 3.47. The van der Waals surface area contributed by atoms with Gasteiger partial charge in [-0.1, -0.05) is 54.6 Å². The van der Waals surface area contributed by atoms with E-state index >= 15 is 0 Å². The highest BCUT2D eigenvalue weighted by atomic mass is 19.3. The molecule has 4 nitrogen and oxygen atoms in total. The van der Waals surface area contributed by atoms with E-state index in [2.05, 4.69) is 10.1 Å². The Labute approximate surface area is 162 Å². The van der Waals surface area contributed by atoms with Crippen molar-refractivity contribution in [3.05, 3.63) is 101 Å². The lowest BCUT2D eigenvalue weighted by molar-refractivity contribution is -0.0498. The summed E-state index contributed by atoms with van der Waals surface area (Å²) < 4.78 is 29.2. The average Bonchev–Trinajstić information content (AvgIpc) is 2.70. The Hall–Kier alpha value is -3.25. The van der Waals surface area contributed by atoms with E-state index in [-0.39, 0.29) is 11.8 Å². The molecule has 0 aliphatic rings. The molecule has 3 aromatic rings. The number of primary amides is 1. The highest BCUT2D eigenvalue weighted by Gasteiger charge is 2.14. The second kappa shape index (κ2) is 9.10. The number of halogens is 2. The first-order valence-electron chi connectivity index (χ1n) is 8.75. The maximum absolute atomic E-state index is 12.4. The molecule has 144 valence electrons. The van der Waals surface area contributed by atoms with Gasteiger partial charge in [-0.15, -0.1) is 0 Å². The molecule has 3 N–H and O–H groups in total. The number of carbonyl (C=O) groups is 1. The predicted octanol–water partition coefficient (Wildman–Crippen LogP) is 4.27. The molecule has 0 heterocycles. The lowest BCUT2D eigenvalue weighted by Crippen LogP contribution is -2.22. The van der Waals surface area contributed by atoms with Gasteiger partial charge in [0, 0.05) is 12.1 Å². The van der Waals surface area contributed by atoms with Crippen molar-refractivity contribution < 1.29 is 18.3 Å². The normalized spacial score (nSPS) is 12.0. The van der Waals surface area contributed by atoms with E-state index in [4.69, 9.17) is 5.73 Å². The number of amides is 1. The number of hydrogen-bond acceptors (Lipinski definition) is 3. The standard InChI is InChI=1S/C22H20F2N2O2/c23-22(24)28-19-12-10-17(11-13-19)20(16-4-2-1-3-5-16)26-14-15-6-8-18(9-7-15)21(25)27/h1-13,20,22,26H,14H2,(H2,25,27). The Morgan fingerprint density at radius 1 is 0.893 bits per heavy atom. The summed E-state index contributed by atoms with van der Waals surface area (Å²) in [5.41, 5.74) is 8.67. The first kappa shape index (κ1) is 19.5. The van der Waals surface area contributed by atoms with Crippen LogP contribution in [0.4, 0.5) is 8.78 Å². The molecule has 1 unspecified atom stereocenters. The minimum absolute atomic E-state index is 0.118. The van der Waals surface area contributed by atoms with Crippen molar-refractivity contribution in [2.45, 2.75) is 19.2 Å². The summed E-state index contributed by atoms with van der Waals surface area (Å²) in [6.07, 6.45) is 0. The van der Waals surface area contributed by atoms with Gasteiger partial charge in [-0.3, -0.25) is 4.79 Å². The molecule has 6 heteroatoms. The Kier molecular flexibility index (Phi) is 6.34. The maximum Gasteiger partial charge on any atom is 0.387 e. The quantitative estimate of drug-likeness (QED) is 0.612. The van der Waals surface area contributed by atoms with E-state index in [1.165, 1.54) is 12.1 Å². The molecule has 0 spiro atoms. The number of hydrogen-bond donors (Lipinski definition) is 2. The first-order valence-corrected chi connectivity index (χ1v) is 8.75. The summed E-state index contributed by atoms with van der Waals surface area (Å²) in [5.74, 6) is -0.347. The molecule has 0 aromatic heterocycles. The van der Waals surface area contributed by atoms with Crippen LogP contribution < -0.4 is 15.8 Å². The second-order valence-corrected chi connectivity index (χ2v) is 6.23. The lowest BCUT2D eigenvalue weighted by Gasteiger charge is -2.20. The van der Waals surface area contributed by atoms with Crippen LogP contribution >= 0.6 is 0 Å². The molecule has 1 atom stereocenters. The third-order valence-electron chi connectivity index (χ3n) is 4.32. The lowest BCUT2D eigenvalue weighted by atomic mass is 9.98. The largest absolute Gasteiger partial charge is 0.435 e. The van der Waals surface area contributed by atoms with Crippen LogP contribution in [0.1, 0.15) is 33.1 Å². The Bertz CT molecular complexity index is 898. The zero-order chi connectivity index (χ0) is 19.9. The predicted molar refractivity (Wildman–Crippen MR) is 103 cm³/mol. The van der Waals surface area contributed by atoms with Gasteiger partial charge < -0.3 is 15.8 Å². The van der Waals surface area contributed by atoms with Crippen molar-refractivity contribution in [2.75, 3.05) is 0 Å². The van der Waals surface area contributed by atoms with Gasteiger partial charge in [-0.2, -0.15) is 8.78 Å². The van der Waals surface area contributed by atoms with Gasteiger partial charge in [0.1, 0.15) is 5.75 Å². The minimum atomic E-state index is -2.85. The second-order valence-electron chi connectivity index (χ2n) is 6.23. The molecule has 0 saturated carbocycles. The summed E-state index contributed by atoms with van der Waals surface area (Å²) in [4.78, 5) is 11.2. The maximum atomic E-state index is 12.4. The third-order valence-corrected chi connectivity index (χ3v) is 4.32. The Balaban J connectivity index is 1.79. The number of alkyl halides is 2. The fourth-order valence-corrected chi connectivity index (χ4v) is 2.92. The van der Waals surface area contributed by atoms with Crippen molar-refractivity contribution >= 4 is 5.91 Å². The molecule has 0 aliphatic carbocycles. The van der Waals surface area contributed by atoms with E-state index < -0.39 is 12.5 Å². The van der Waals surface area contributed by atoms with Crippen LogP contribution in [0, 0.1) is 0 Å². The fourth-order valence-electron chi connectivity index (χ4n) is 2.92. The van der Waals surface area contributed by atoms with Gasteiger partial charge in [-0.05, 0) is 41.0 Å². The molecule has 28 heavy (non-hydrogen) atoms. The molecule has 3 rings (SSSR count). The van der Waals surface area contributed by atoms with Crippen molar-refractivity contribution in [3.63, 3.8) is 0 Å². The number of carbonyl (C=O) groups excluding carboxylic acids is 1. The Morgan fingerprint density at radius 2 is 1.50 bits per heavy atom. The van der Waals surface area contributed by atoms with Gasteiger partial charge in [0.25, 0.3) is 0 Å². The van der Waals surface area contributed by atoms with Crippen molar-refractivity contribution in [3.8, 4) is 5.75 Å². The van der Waals surface area contributed by atoms with Crippen LogP contribution in [-0.4, -0.2) is 12.5 Å². The number of rotatable bonds is 8. The van der Waals surface area contributed by atoms with Crippen molar-refractivity contribution in [2.24, 2.45) is 5.73 Å². The van der Waals surface area contributed by atoms with Gasteiger partial charge >= 0.3 is 6.61 Å². The third kappa shape index (κ3) is 5.14. The monoisotopic (exact) mass is 382 g/mol. The van der Waals surface area contributed by atoms with Crippen molar-refractivity contribution in [1.82, 2.24) is 5.32 Å². The smallest absolute Gasteiger partial charge is 0.387 e. The van der Waals surface area contributed by atoms with E-state index in [0.717, 1.165) is 16.7 Å². The summed E-state index contributed by atoms with van der Waals surface area (Å²) in [6.45, 7) is -2.30.